The highest BCUT2D eigenvalue weighted by Crippen LogP contribution is 2.66. The van der Waals surface area contributed by atoms with Crippen molar-refractivity contribution in [2.45, 2.75) is 124 Å². The van der Waals surface area contributed by atoms with Crippen LogP contribution < -0.4 is 0 Å². The molecule has 3 saturated carbocycles. The molecule has 7 atom stereocenters. The minimum Gasteiger partial charge on any atom is -0.414 e. The second-order valence-corrected chi connectivity index (χ2v) is 18.5. The lowest BCUT2D eigenvalue weighted by atomic mass is 9.50. The average molecular weight is 443 g/mol. The largest absolute Gasteiger partial charge is 0.414 e. The smallest absolute Gasteiger partial charge is 0.192 e. The lowest BCUT2D eigenvalue weighted by Gasteiger charge is -2.56. The van der Waals surface area contributed by atoms with Crippen LogP contribution in [0.1, 0.15) is 99.8 Å². The van der Waals surface area contributed by atoms with E-state index in [1.54, 1.807) is 5.57 Å². The summed E-state index contributed by atoms with van der Waals surface area (Å²) in [6.07, 6.45) is 16.4. The van der Waals surface area contributed by atoms with Crippen LogP contribution in [0, 0.1) is 34.5 Å². The number of fused-ring (bicyclic) bond motifs is 5. The fourth-order valence-corrected chi connectivity index (χ4v) is 9.31. The Bertz CT molecular complexity index is 755. The van der Waals surface area contributed by atoms with E-state index in [2.05, 4.69) is 73.7 Å². The van der Waals surface area contributed by atoms with Crippen LogP contribution >= 0.6 is 0 Å². The highest BCUT2D eigenvalue weighted by molar-refractivity contribution is 6.74. The Hall–Kier alpha value is -0.343. The van der Waals surface area contributed by atoms with Crippen molar-refractivity contribution >= 4 is 8.32 Å². The van der Waals surface area contributed by atoms with Crippen molar-refractivity contribution in [3.63, 3.8) is 0 Å². The van der Waals surface area contributed by atoms with Gasteiger partial charge < -0.3 is 4.43 Å². The van der Waals surface area contributed by atoms with Gasteiger partial charge in [-0.1, -0.05) is 78.2 Å². The maximum absolute atomic E-state index is 6.89. The molecule has 3 fully saturated rings. The van der Waals surface area contributed by atoms with Gasteiger partial charge in [0.05, 0.1) is 0 Å². The standard InChI is InChI=1S/C29H50OSi/c1-10-20(2)24-13-14-25-23-12-11-21-19-22(30-31(8,9)27(3,4)5)15-17-28(21,6)26(23)16-18-29(24,25)7/h11-12,20,22,24-26H,10,13-19H2,1-9H3/t20-,22?,24+,25-,26-,28-,29+/m0/s1. The summed E-state index contributed by atoms with van der Waals surface area (Å²) in [5, 5.41) is 0.296. The van der Waals surface area contributed by atoms with Crippen molar-refractivity contribution in [2.75, 3.05) is 0 Å². The van der Waals surface area contributed by atoms with Gasteiger partial charge in [-0.05, 0) is 97.6 Å². The van der Waals surface area contributed by atoms with Gasteiger partial charge in [-0.15, -0.1) is 0 Å². The topological polar surface area (TPSA) is 9.23 Å². The van der Waals surface area contributed by atoms with E-state index < -0.39 is 8.32 Å². The van der Waals surface area contributed by atoms with Gasteiger partial charge >= 0.3 is 0 Å². The molecule has 4 rings (SSSR count). The summed E-state index contributed by atoms with van der Waals surface area (Å²) in [6, 6.07) is 0. The van der Waals surface area contributed by atoms with E-state index in [1.807, 2.05) is 5.57 Å². The third-order valence-corrected chi connectivity index (χ3v) is 15.7. The Morgan fingerprint density at radius 1 is 1.03 bits per heavy atom. The third kappa shape index (κ3) is 3.76. The highest BCUT2D eigenvalue weighted by Gasteiger charge is 2.57. The van der Waals surface area contributed by atoms with Crippen LogP contribution in [0.15, 0.2) is 23.3 Å². The summed E-state index contributed by atoms with van der Waals surface area (Å²) < 4.78 is 6.89. The van der Waals surface area contributed by atoms with Crippen molar-refractivity contribution in [2.24, 2.45) is 34.5 Å². The Morgan fingerprint density at radius 3 is 2.39 bits per heavy atom. The molecule has 0 bridgehead atoms. The van der Waals surface area contributed by atoms with Gasteiger partial charge in [-0.2, -0.15) is 0 Å². The summed E-state index contributed by atoms with van der Waals surface area (Å²) in [6.45, 7) is 22.1. The van der Waals surface area contributed by atoms with Gasteiger partial charge in [0.2, 0.25) is 0 Å². The molecule has 1 nitrogen and oxygen atoms in total. The second kappa shape index (κ2) is 7.86. The molecule has 0 radical (unpaired) electrons. The zero-order valence-electron chi connectivity index (χ0n) is 22.1. The fraction of sp³-hybridized carbons (Fsp3) is 0.862. The van der Waals surface area contributed by atoms with Crippen LogP contribution in [-0.4, -0.2) is 14.4 Å². The first-order valence-corrected chi connectivity index (χ1v) is 16.3. The van der Waals surface area contributed by atoms with E-state index in [0.29, 0.717) is 22.0 Å². The molecule has 4 aliphatic carbocycles. The summed E-state index contributed by atoms with van der Waals surface area (Å²) in [7, 11) is -1.70. The predicted octanol–water partition coefficient (Wildman–Crippen LogP) is 8.92. The minimum absolute atomic E-state index is 0.296. The second-order valence-electron chi connectivity index (χ2n) is 13.7. The molecule has 4 aliphatic rings. The van der Waals surface area contributed by atoms with Crippen molar-refractivity contribution in [1.82, 2.24) is 0 Å². The first kappa shape index (κ1) is 23.8. The van der Waals surface area contributed by atoms with E-state index in [9.17, 15) is 0 Å². The minimum atomic E-state index is -1.70. The van der Waals surface area contributed by atoms with E-state index in [-0.39, 0.29) is 0 Å². The predicted molar refractivity (Wildman–Crippen MR) is 137 cm³/mol. The van der Waals surface area contributed by atoms with Crippen LogP contribution in [-0.2, 0) is 4.43 Å². The first-order chi connectivity index (χ1) is 14.3. The molecule has 0 aromatic rings. The number of allylic oxidation sites excluding steroid dienone is 3. The number of hydrogen-bond donors (Lipinski definition) is 0. The lowest BCUT2D eigenvalue weighted by Crippen LogP contribution is -2.49. The van der Waals surface area contributed by atoms with Crippen LogP contribution in [0.25, 0.3) is 0 Å². The van der Waals surface area contributed by atoms with E-state index in [1.165, 1.54) is 51.4 Å². The van der Waals surface area contributed by atoms with Crippen LogP contribution in [0.3, 0.4) is 0 Å². The van der Waals surface area contributed by atoms with E-state index in [0.717, 1.165) is 23.7 Å². The van der Waals surface area contributed by atoms with Gasteiger partial charge in [0.25, 0.3) is 0 Å². The molecule has 0 spiro atoms. The number of hydrogen-bond acceptors (Lipinski definition) is 1. The molecule has 0 N–H and O–H groups in total. The quantitative estimate of drug-likeness (QED) is 0.395. The monoisotopic (exact) mass is 442 g/mol. The fourth-order valence-electron chi connectivity index (χ4n) is 7.92. The SMILES string of the molecule is CC[C@H](C)[C@H]1CC[C@H]2C3=CC=C4CC(O[Si](C)(C)C(C)(C)C)CC[C@]4(C)[C@H]3CC[C@]12C. The molecule has 0 aromatic heterocycles. The summed E-state index contributed by atoms with van der Waals surface area (Å²) in [5.74, 6) is 3.42. The van der Waals surface area contributed by atoms with Gasteiger partial charge in [0, 0.05) is 6.10 Å². The molecular formula is C29H50OSi. The molecule has 0 heterocycles. The zero-order chi connectivity index (χ0) is 22.8. The average Bonchev–Trinajstić information content (AvgIpc) is 3.04. The van der Waals surface area contributed by atoms with Gasteiger partial charge in [-0.25, -0.2) is 0 Å². The lowest BCUT2D eigenvalue weighted by molar-refractivity contribution is 0.0352. The molecular weight excluding hydrogens is 392 g/mol. The zero-order valence-corrected chi connectivity index (χ0v) is 23.1. The molecule has 0 saturated heterocycles. The molecule has 1 unspecified atom stereocenters. The maximum Gasteiger partial charge on any atom is 0.192 e. The molecule has 0 aliphatic heterocycles. The molecule has 2 heteroatoms. The van der Waals surface area contributed by atoms with Crippen molar-refractivity contribution in [1.29, 1.82) is 0 Å². The Kier molecular flexibility index (Phi) is 6.04. The summed E-state index contributed by atoms with van der Waals surface area (Å²) >= 11 is 0. The van der Waals surface area contributed by atoms with E-state index in [4.69, 9.17) is 4.43 Å². The molecule has 31 heavy (non-hydrogen) atoms. The van der Waals surface area contributed by atoms with Crippen molar-refractivity contribution in [3.8, 4) is 0 Å². The maximum atomic E-state index is 6.89. The van der Waals surface area contributed by atoms with Gasteiger partial charge in [-0.3, -0.25) is 0 Å². The highest BCUT2D eigenvalue weighted by atomic mass is 28.4. The van der Waals surface area contributed by atoms with Gasteiger partial charge in [0.1, 0.15) is 0 Å². The van der Waals surface area contributed by atoms with Gasteiger partial charge in [0.15, 0.2) is 8.32 Å². The van der Waals surface area contributed by atoms with Crippen LogP contribution in [0.4, 0.5) is 0 Å². The van der Waals surface area contributed by atoms with Crippen LogP contribution in [0.5, 0.6) is 0 Å². The Morgan fingerprint density at radius 2 is 1.74 bits per heavy atom. The molecule has 0 aromatic carbocycles. The molecule has 176 valence electrons. The Balaban J connectivity index is 1.57. The normalized spacial score (nSPS) is 41.6. The summed E-state index contributed by atoms with van der Waals surface area (Å²) in [5.41, 5.74) is 4.47. The molecule has 0 amide bonds. The van der Waals surface area contributed by atoms with Crippen molar-refractivity contribution < 1.29 is 4.43 Å². The Labute approximate surface area is 194 Å². The first-order valence-electron chi connectivity index (χ1n) is 13.4. The summed E-state index contributed by atoms with van der Waals surface area (Å²) in [4.78, 5) is 0. The third-order valence-electron chi connectivity index (χ3n) is 11.2. The number of rotatable bonds is 4. The van der Waals surface area contributed by atoms with E-state index >= 15 is 0 Å². The van der Waals surface area contributed by atoms with Crippen LogP contribution in [0.2, 0.25) is 18.1 Å². The van der Waals surface area contributed by atoms with Crippen molar-refractivity contribution in [3.05, 3.63) is 23.3 Å².